The summed E-state index contributed by atoms with van der Waals surface area (Å²) in [5.41, 5.74) is 3.50. The van der Waals surface area contributed by atoms with Gasteiger partial charge in [-0.3, -0.25) is 15.2 Å². The molecule has 0 aromatic carbocycles. The van der Waals surface area contributed by atoms with E-state index in [9.17, 15) is 4.79 Å². The zero-order chi connectivity index (χ0) is 12.0. The summed E-state index contributed by atoms with van der Waals surface area (Å²) in [6, 6.07) is 0. The predicted molar refractivity (Wildman–Crippen MR) is 69.2 cm³/mol. The molecular weight excluding hydrogens is 236 g/mol. The fraction of sp³-hybridized carbons (Fsp3) is 0.455. The van der Waals surface area contributed by atoms with Gasteiger partial charge in [-0.05, 0) is 30.7 Å². The average Bonchev–Trinajstić information content (AvgIpc) is 2.66. The van der Waals surface area contributed by atoms with Crippen LogP contribution < -0.4 is 16.8 Å². The van der Waals surface area contributed by atoms with Crippen LogP contribution >= 0.6 is 11.3 Å². The fourth-order valence-electron chi connectivity index (χ4n) is 2.42. The van der Waals surface area contributed by atoms with Gasteiger partial charge in [-0.2, -0.15) is 0 Å². The van der Waals surface area contributed by atoms with Crippen LogP contribution in [0.1, 0.15) is 23.8 Å². The highest BCUT2D eigenvalue weighted by Crippen LogP contribution is 2.35. The topological polar surface area (TPSA) is 83.8 Å². The number of aromatic nitrogens is 2. The predicted octanol–water partition coefficient (Wildman–Crippen LogP) is 1.39. The van der Waals surface area contributed by atoms with Crippen LogP contribution in [-0.2, 0) is 12.8 Å². The first-order valence-corrected chi connectivity index (χ1v) is 6.52. The zero-order valence-electron chi connectivity index (χ0n) is 9.54. The maximum atomic E-state index is 12.0. The molecule has 1 atom stereocenters. The van der Waals surface area contributed by atoms with Crippen molar-refractivity contribution in [2.45, 2.75) is 26.2 Å². The number of aryl methyl sites for hydroxylation is 1. The van der Waals surface area contributed by atoms with Gasteiger partial charge in [-0.15, -0.1) is 11.3 Å². The summed E-state index contributed by atoms with van der Waals surface area (Å²) in [5.74, 6) is 6.30. The highest BCUT2D eigenvalue weighted by Gasteiger charge is 2.22. The van der Waals surface area contributed by atoms with Crippen molar-refractivity contribution in [3.63, 3.8) is 0 Å². The standard InChI is InChI=1S/C11H14N4OS/c1-5-2-3-6-7(4-5)17-10-8(6)9(16)13-11(14-10)15-12/h5H,2-4,12H2,1H3,(H2,13,14,15,16)/t5-/m0/s1. The molecule has 0 aliphatic heterocycles. The van der Waals surface area contributed by atoms with Gasteiger partial charge in [0.2, 0.25) is 5.95 Å². The molecule has 4 N–H and O–H groups in total. The van der Waals surface area contributed by atoms with Crippen molar-refractivity contribution in [1.29, 1.82) is 0 Å². The number of anilines is 1. The first-order chi connectivity index (χ1) is 8.19. The van der Waals surface area contributed by atoms with Crippen LogP contribution in [0, 0.1) is 5.92 Å². The number of nitrogens with one attached hydrogen (secondary N) is 2. The lowest BCUT2D eigenvalue weighted by Gasteiger charge is -2.17. The summed E-state index contributed by atoms with van der Waals surface area (Å²) >= 11 is 1.62. The van der Waals surface area contributed by atoms with E-state index in [-0.39, 0.29) is 5.56 Å². The smallest absolute Gasteiger partial charge is 0.261 e. The van der Waals surface area contributed by atoms with Gasteiger partial charge in [-0.1, -0.05) is 6.92 Å². The summed E-state index contributed by atoms with van der Waals surface area (Å²) in [6.07, 6.45) is 3.19. The van der Waals surface area contributed by atoms with Crippen LogP contribution in [0.2, 0.25) is 0 Å². The minimum Gasteiger partial charge on any atom is -0.294 e. The summed E-state index contributed by atoms with van der Waals surface area (Å²) in [4.78, 5) is 21.1. The average molecular weight is 250 g/mol. The summed E-state index contributed by atoms with van der Waals surface area (Å²) in [5, 5.41) is 0.760. The van der Waals surface area contributed by atoms with E-state index in [0.29, 0.717) is 11.9 Å². The Morgan fingerprint density at radius 2 is 2.41 bits per heavy atom. The number of rotatable bonds is 1. The van der Waals surface area contributed by atoms with Crippen LogP contribution in [0.5, 0.6) is 0 Å². The number of aromatic amines is 1. The van der Waals surface area contributed by atoms with E-state index < -0.39 is 0 Å². The van der Waals surface area contributed by atoms with Crippen molar-refractivity contribution < 1.29 is 0 Å². The molecule has 2 heterocycles. The number of hydrogen-bond acceptors (Lipinski definition) is 5. The molecule has 0 radical (unpaired) electrons. The molecule has 1 aliphatic rings. The Balaban J connectivity index is 2.28. The molecule has 0 fully saturated rings. The van der Waals surface area contributed by atoms with Crippen LogP contribution in [0.4, 0.5) is 5.95 Å². The van der Waals surface area contributed by atoms with Crippen LogP contribution in [0.3, 0.4) is 0 Å². The molecule has 2 aromatic rings. The van der Waals surface area contributed by atoms with E-state index in [1.54, 1.807) is 11.3 Å². The summed E-state index contributed by atoms with van der Waals surface area (Å²) < 4.78 is 0. The minimum absolute atomic E-state index is 0.0880. The Morgan fingerprint density at radius 3 is 3.18 bits per heavy atom. The Morgan fingerprint density at radius 1 is 1.59 bits per heavy atom. The highest BCUT2D eigenvalue weighted by molar-refractivity contribution is 7.18. The van der Waals surface area contributed by atoms with Crippen molar-refractivity contribution in [2.24, 2.45) is 11.8 Å². The molecule has 0 bridgehead atoms. The van der Waals surface area contributed by atoms with Gasteiger partial charge in [0.05, 0.1) is 5.39 Å². The van der Waals surface area contributed by atoms with Crippen molar-refractivity contribution in [3.05, 3.63) is 20.8 Å². The second kappa shape index (κ2) is 3.82. The van der Waals surface area contributed by atoms with E-state index in [1.165, 1.54) is 10.4 Å². The van der Waals surface area contributed by atoms with Gasteiger partial charge in [0.15, 0.2) is 0 Å². The summed E-state index contributed by atoms with van der Waals surface area (Å²) in [6.45, 7) is 2.25. The molecule has 2 aromatic heterocycles. The minimum atomic E-state index is -0.0880. The third kappa shape index (κ3) is 1.64. The number of H-pyrrole nitrogens is 1. The van der Waals surface area contributed by atoms with Crippen molar-refractivity contribution in [1.82, 2.24) is 9.97 Å². The largest absolute Gasteiger partial charge is 0.294 e. The molecule has 1 aliphatic carbocycles. The molecule has 90 valence electrons. The van der Waals surface area contributed by atoms with E-state index in [0.717, 1.165) is 29.5 Å². The number of nitrogens with zero attached hydrogens (tertiary/aromatic N) is 1. The van der Waals surface area contributed by atoms with Gasteiger partial charge < -0.3 is 0 Å². The van der Waals surface area contributed by atoms with E-state index in [2.05, 4.69) is 22.3 Å². The molecule has 0 saturated heterocycles. The van der Waals surface area contributed by atoms with Crippen molar-refractivity contribution in [2.75, 3.05) is 5.43 Å². The molecule has 0 spiro atoms. The lowest BCUT2D eigenvalue weighted by atomic mass is 9.89. The maximum absolute atomic E-state index is 12.0. The van der Waals surface area contributed by atoms with Crippen molar-refractivity contribution in [3.8, 4) is 0 Å². The van der Waals surface area contributed by atoms with Crippen LogP contribution in [-0.4, -0.2) is 9.97 Å². The van der Waals surface area contributed by atoms with Crippen LogP contribution in [0.15, 0.2) is 4.79 Å². The third-order valence-corrected chi connectivity index (χ3v) is 4.45. The van der Waals surface area contributed by atoms with E-state index in [1.807, 2.05) is 0 Å². The Bertz CT molecular complexity index is 630. The van der Waals surface area contributed by atoms with Gasteiger partial charge in [0.25, 0.3) is 5.56 Å². The molecule has 0 amide bonds. The number of hydrazine groups is 1. The van der Waals surface area contributed by atoms with Crippen LogP contribution in [0.25, 0.3) is 10.2 Å². The molecule has 3 rings (SSSR count). The maximum Gasteiger partial charge on any atom is 0.261 e. The fourth-order valence-corrected chi connectivity index (χ4v) is 3.80. The van der Waals surface area contributed by atoms with Crippen molar-refractivity contribution >= 4 is 27.5 Å². The number of hydrogen-bond donors (Lipinski definition) is 3. The Kier molecular flexibility index (Phi) is 2.41. The normalized spacial score (nSPS) is 19.3. The SMILES string of the molecule is C[C@H]1CCc2c(sc3nc(NN)[nH]c(=O)c23)C1. The quantitative estimate of drug-likeness (QED) is 0.527. The first-order valence-electron chi connectivity index (χ1n) is 5.70. The van der Waals surface area contributed by atoms with Gasteiger partial charge in [0.1, 0.15) is 4.83 Å². The third-order valence-electron chi connectivity index (χ3n) is 3.30. The number of nitrogen functional groups attached to an aromatic ring is 1. The molecule has 0 saturated carbocycles. The number of nitrogens with two attached hydrogens (primary N) is 1. The Labute approximate surface area is 102 Å². The number of thiophene rings is 1. The van der Waals surface area contributed by atoms with Gasteiger partial charge in [-0.25, -0.2) is 10.8 Å². The lowest BCUT2D eigenvalue weighted by molar-refractivity contribution is 0.509. The molecular formula is C11H14N4OS. The lowest BCUT2D eigenvalue weighted by Crippen LogP contribution is -2.17. The monoisotopic (exact) mass is 250 g/mol. The first kappa shape index (κ1) is 10.7. The highest BCUT2D eigenvalue weighted by atomic mass is 32.1. The number of fused-ring (bicyclic) bond motifs is 3. The zero-order valence-corrected chi connectivity index (χ0v) is 10.4. The van der Waals surface area contributed by atoms with Gasteiger partial charge >= 0.3 is 0 Å². The van der Waals surface area contributed by atoms with E-state index in [4.69, 9.17) is 5.84 Å². The van der Waals surface area contributed by atoms with E-state index >= 15 is 0 Å². The molecule has 0 unspecified atom stereocenters. The second-order valence-electron chi connectivity index (χ2n) is 4.59. The molecule has 17 heavy (non-hydrogen) atoms. The Hall–Kier alpha value is -1.40. The second-order valence-corrected chi connectivity index (χ2v) is 5.67. The van der Waals surface area contributed by atoms with Gasteiger partial charge in [0, 0.05) is 4.88 Å². The summed E-state index contributed by atoms with van der Waals surface area (Å²) in [7, 11) is 0. The molecule has 6 heteroatoms. The molecule has 5 nitrogen and oxygen atoms in total.